The molecule has 0 atom stereocenters. The molecule has 13 heavy (non-hydrogen) atoms. The molecule has 0 saturated carbocycles. The Bertz CT molecular complexity index is 470. The number of benzene rings is 1. The summed E-state index contributed by atoms with van der Waals surface area (Å²) in [5.74, 6) is 0.510. The first-order chi connectivity index (χ1) is 6.16. The molecule has 0 amide bonds. The van der Waals surface area contributed by atoms with Crippen LogP contribution in [0.2, 0.25) is 5.02 Å². The number of hydrogen-bond donors (Lipinski definition) is 1. The summed E-state index contributed by atoms with van der Waals surface area (Å²) in [7, 11) is 0. The molecule has 0 spiro atoms. The lowest BCUT2D eigenvalue weighted by atomic mass is 10.2. The molecule has 0 unspecified atom stereocenters. The van der Waals surface area contributed by atoms with Crippen molar-refractivity contribution in [3.8, 4) is 0 Å². The van der Waals surface area contributed by atoms with Crippen LogP contribution >= 0.6 is 27.5 Å². The number of nitrogens with two attached hydrogens (primary N) is 1. The van der Waals surface area contributed by atoms with Crippen molar-refractivity contribution in [3.05, 3.63) is 33.9 Å². The number of fused-ring (bicyclic) bond motifs is 1. The number of nitrogen functional groups attached to an aromatic ring is 1. The third-order valence-electron chi connectivity index (χ3n) is 1.77. The molecule has 2 aromatic rings. The molecule has 66 valence electrons. The first kappa shape index (κ1) is 8.78. The fraction of sp³-hybridized carbons (Fsp3) is 0. The van der Waals surface area contributed by atoms with Gasteiger partial charge in [0.05, 0.1) is 0 Å². The number of aromatic nitrogens is 1. The van der Waals surface area contributed by atoms with Gasteiger partial charge in [-0.05, 0) is 18.2 Å². The molecule has 0 aliphatic carbocycles. The standard InChI is InChI=1S/C9H6BrClN2/c10-8-2-6(11)1-5-4-13-9(12)3-7(5)8/h1-4H,(H2,12,13). The molecule has 0 bridgehead atoms. The molecule has 0 aliphatic rings. The SMILES string of the molecule is Nc1cc2c(Br)cc(Cl)cc2cn1. The van der Waals surface area contributed by atoms with Crippen LogP contribution in [0.15, 0.2) is 28.9 Å². The van der Waals surface area contributed by atoms with Crippen LogP contribution in [0.3, 0.4) is 0 Å². The molecule has 2 rings (SSSR count). The summed E-state index contributed by atoms with van der Waals surface area (Å²) in [5, 5.41) is 2.69. The van der Waals surface area contributed by atoms with Gasteiger partial charge in [0.2, 0.25) is 0 Å². The predicted octanol–water partition coefficient (Wildman–Crippen LogP) is 3.23. The van der Waals surface area contributed by atoms with Crippen LogP contribution in [-0.4, -0.2) is 4.98 Å². The minimum Gasteiger partial charge on any atom is -0.384 e. The molecule has 0 aliphatic heterocycles. The molecule has 4 heteroatoms. The zero-order valence-electron chi connectivity index (χ0n) is 6.59. The van der Waals surface area contributed by atoms with Crippen molar-refractivity contribution in [2.24, 2.45) is 0 Å². The highest BCUT2D eigenvalue weighted by atomic mass is 79.9. The largest absolute Gasteiger partial charge is 0.384 e. The van der Waals surface area contributed by atoms with Gasteiger partial charge in [-0.15, -0.1) is 0 Å². The van der Waals surface area contributed by atoms with E-state index in [1.165, 1.54) is 0 Å². The summed E-state index contributed by atoms with van der Waals surface area (Å²) in [6, 6.07) is 5.51. The van der Waals surface area contributed by atoms with Crippen molar-refractivity contribution in [1.82, 2.24) is 4.98 Å². The average Bonchev–Trinajstić information content (AvgIpc) is 2.06. The van der Waals surface area contributed by atoms with Gasteiger partial charge in [-0.25, -0.2) is 4.98 Å². The number of halogens is 2. The van der Waals surface area contributed by atoms with E-state index in [1.54, 1.807) is 6.20 Å². The lowest BCUT2D eigenvalue weighted by Gasteiger charge is -2.01. The zero-order valence-corrected chi connectivity index (χ0v) is 8.93. The van der Waals surface area contributed by atoms with E-state index in [4.69, 9.17) is 17.3 Å². The van der Waals surface area contributed by atoms with E-state index in [9.17, 15) is 0 Å². The Morgan fingerprint density at radius 1 is 1.31 bits per heavy atom. The van der Waals surface area contributed by atoms with Crippen molar-refractivity contribution in [2.45, 2.75) is 0 Å². The van der Waals surface area contributed by atoms with E-state index in [2.05, 4.69) is 20.9 Å². The van der Waals surface area contributed by atoms with Gasteiger partial charge >= 0.3 is 0 Å². The summed E-state index contributed by atoms with van der Waals surface area (Å²) in [6.07, 6.45) is 1.71. The Hall–Kier alpha value is -0.800. The van der Waals surface area contributed by atoms with Crippen molar-refractivity contribution in [2.75, 3.05) is 5.73 Å². The van der Waals surface area contributed by atoms with Crippen LogP contribution in [0.5, 0.6) is 0 Å². The van der Waals surface area contributed by atoms with Crippen molar-refractivity contribution < 1.29 is 0 Å². The summed E-state index contributed by atoms with van der Waals surface area (Å²) in [4.78, 5) is 3.99. The van der Waals surface area contributed by atoms with E-state index in [1.807, 2.05) is 18.2 Å². The minimum absolute atomic E-state index is 0.510. The summed E-state index contributed by atoms with van der Waals surface area (Å²) < 4.78 is 0.934. The molecule has 1 aromatic heterocycles. The van der Waals surface area contributed by atoms with Gasteiger partial charge in [0.15, 0.2) is 0 Å². The van der Waals surface area contributed by atoms with Gasteiger partial charge in [0.25, 0.3) is 0 Å². The van der Waals surface area contributed by atoms with Gasteiger partial charge < -0.3 is 5.73 Å². The highest BCUT2D eigenvalue weighted by Crippen LogP contribution is 2.28. The Morgan fingerprint density at radius 3 is 2.85 bits per heavy atom. The maximum Gasteiger partial charge on any atom is 0.123 e. The van der Waals surface area contributed by atoms with Gasteiger partial charge in [-0.2, -0.15) is 0 Å². The molecular weight excluding hydrogens is 251 g/mol. The third-order valence-corrected chi connectivity index (χ3v) is 2.65. The first-order valence-electron chi connectivity index (χ1n) is 3.67. The Morgan fingerprint density at radius 2 is 2.08 bits per heavy atom. The number of anilines is 1. The molecular formula is C9H6BrClN2. The quantitative estimate of drug-likeness (QED) is 0.787. The molecule has 2 N–H and O–H groups in total. The molecule has 2 nitrogen and oxygen atoms in total. The number of pyridine rings is 1. The second-order valence-electron chi connectivity index (χ2n) is 2.72. The van der Waals surface area contributed by atoms with Crippen molar-refractivity contribution >= 4 is 44.1 Å². The predicted molar refractivity (Wildman–Crippen MR) is 58.9 cm³/mol. The topological polar surface area (TPSA) is 38.9 Å². The van der Waals surface area contributed by atoms with Gasteiger partial charge in [-0.3, -0.25) is 0 Å². The van der Waals surface area contributed by atoms with E-state index in [-0.39, 0.29) is 0 Å². The van der Waals surface area contributed by atoms with E-state index < -0.39 is 0 Å². The molecule has 1 heterocycles. The van der Waals surface area contributed by atoms with Gasteiger partial charge in [-0.1, -0.05) is 27.5 Å². The Balaban J connectivity index is 2.87. The highest BCUT2D eigenvalue weighted by Gasteiger charge is 2.01. The summed E-state index contributed by atoms with van der Waals surface area (Å²) in [5.41, 5.74) is 5.57. The molecule has 0 fully saturated rings. The summed E-state index contributed by atoms with van der Waals surface area (Å²) in [6.45, 7) is 0. The van der Waals surface area contributed by atoms with E-state index >= 15 is 0 Å². The number of hydrogen-bond acceptors (Lipinski definition) is 2. The maximum absolute atomic E-state index is 5.87. The lowest BCUT2D eigenvalue weighted by molar-refractivity contribution is 1.37. The fourth-order valence-electron chi connectivity index (χ4n) is 1.19. The average molecular weight is 258 g/mol. The van der Waals surface area contributed by atoms with Crippen LogP contribution < -0.4 is 5.73 Å². The van der Waals surface area contributed by atoms with Crippen LogP contribution in [0.1, 0.15) is 0 Å². The van der Waals surface area contributed by atoms with Crippen LogP contribution in [0.25, 0.3) is 10.8 Å². The van der Waals surface area contributed by atoms with Crippen LogP contribution in [0.4, 0.5) is 5.82 Å². The molecule has 1 aromatic carbocycles. The monoisotopic (exact) mass is 256 g/mol. The summed E-state index contributed by atoms with van der Waals surface area (Å²) >= 11 is 9.29. The Labute approximate surface area is 88.8 Å². The van der Waals surface area contributed by atoms with Gasteiger partial charge in [0, 0.05) is 26.5 Å². The second kappa shape index (κ2) is 3.16. The van der Waals surface area contributed by atoms with E-state index in [0.717, 1.165) is 15.2 Å². The van der Waals surface area contributed by atoms with Crippen LogP contribution in [0, 0.1) is 0 Å². The van der Waals surface area contributed by atoms with Crippen molar-refractivity contribution in [1.29, 1.82) is 0 Å². The molecule has 0 radical (unpaired) electrons. The minimum atomic E-state index is 0.510. The maximum atomic E-state index is 5.87. The zero-order chi connectivity index (χ0) is 9.42. The number of nitrogens with zero attached hydrogens (tertiary/aromatic N) is 1. The van der Waals surface area contributed by atoms with Gasteiger partial charge in [0.1, 0.15) is 5.82 Å². The molecule has 0 saturated heterocycles. The third kappa shape index (κ3) is 1.62. The first-order valence-corrected chi connectivity index (χ1v) is 4.84. The van der Waals surface area contributed by atoms with Crippen molar-refractivity contribution in [3.63, 3.8) is 0 Å². The fourth-order valence-corrected chi connectivity index (χ4v) is 2.14. The van der Waals surface area contributed by atoms with E-state index in [0.29, 0.717) is 10.8 Å². The smallest absolute Gasteiger partial charge is 0.123 e. The normalized spacial score (nSPS) is 10.6. The second-order valence-corrected chi connectivity index (χ2v) is 4.01. The number of rotatable bonds is 0. The van der Waals surface area contributed by atoms with Crippen LogP contribution in [-0.2, 0) is 0 Å². The Kier molecular flexibility index (Phi) is 2.14. The highest BCUT2D eigenvalue weighted by molar-refractivity contribution is 9.10. The lowest BCUT2D eigenvalue weighted by Crippen LogP contribution is -1.89.